The molecule has 0 aliphatic rings. The second-order valence-corrected chi connectivity index (χ2v) is 12.1. The lowest BCUT2D eigenvalue weighted by Gasteiger charge is -2.25. The number of sulfone groups is 2. The van der Waals surface area contributed by atoms with Gasteiger partial charge < -0.3 is 5.32 Å². The summed E-state index contributed by atoms with van der Waals surface area (Å²) >= 11 is 0. The predicted octanol–water partition coefficient (Wildman–Crippen LogP) is 3.48. The summed E-state index contributed by atoms with van der Waals surface area (Å²) in [7, 11) is -7.82. The molecule has 0 aromatic heterocycles. The highest BCUT2D eigenvalue weighted by Gasteiger charge is 2.38. The van der Waals surface area contributed by atoms with Gasteiger partial charge in [0.2, 0.25) is 0 Å². The minimum Gasteiger partial charge on any atom is -0.352 e. The third-order valence-corrected chi connectivity index (χ3v) is 8.43. The van der Waals surface area contributed by atoms with Crippen molar-refractivity contribution < 1.29 is 34.8 Å². The molecule has 0 aliphatic heterocycles. The molecule has 2 aromatic carbocycles. The van der Waals surface area contributed by atoms with Gasteiger partial charge >= 0.3 is 6.18 Å². The molecule has 0 spiro atoms. The van der Waals surface area contributed by atoms with Gasteiger partial charge in [-0.3, -0.25) is 4.79 Å². The number of amides is 1. The van der Waals surface area contributed by atoms with E-state index in [1.54, 1.807) is 0 Å². The summed E-state index contributed by atoms with van der Waals surface area (Å²) < 4.78 is 86.8. The Morgan fingerprint density at radius 1 is 0.968 bits per heavy atom. The van der Waals surface area contributed by atoms with Gasteiger partial charge in [-0.15, -0.1) is 0 Å². The number of alkyl halides is 3. The molecule has 0 saturated carbocycles. The molecule has 2 aromatic rings. The van der Waals surface area contributed by atoms with Crippen LogP contribution in [0.2, 0.25) is 0 Å². The Balaban J connectivity index is 2.18. The highest BCUT2D eigenvalue weighted by molar-refractivity contribution is 7.92. The molecule has 170 valence electrons. The van der Waals surface area contributed by atoms with Crippen LogP contribution in [0.1, 0.15) is 36.2 Å². The van der Waals surface area contributed by atoms with Crippen molar-refractivity contribution in [3.63, 3.8) is 0 Å². The lowest BCUT2D eigenvalue weighted by Crippen LogP contribution is -2.37. The molecule has 0 fully saturated rings. The van der Waals surface area contributed by atoms with Crippen LogP contribution in [0.3, 0.4) is 0 Å². The number of carbonyl (C=O) groups is 1. The first kappa shape index (κ1) is 24.9. The average Bonchev–Trinajstić information content (AvgIpc) is 2.66. The molecule has 1 N–H and O–H groups in total. The van der Waals surface area contributed by atoms with Crippen molar-refractivity contribution in [1.82, 2.24) is 5.32 Å². The third-order valence-electron chi connectivity index (χ3n) is 4.74. The monoisotopic (exact) mass is 477 g/mol. The maximum atomic E-state index is 12.9. The highest BCUT2D eigenvalue weighted by atomic mass is 32.2. The van der Waals surface area contributed by atoms with Crippen molar-refractivity contribution >= 4 is 25.6 Å². The van der Waals surface area contributed by atoms with Crippen molar-refractivity contribution in [2.75, 3.05) is 12.8 Å². The molecular formula is C20H22F3NO5S2. The molecule has 0 heterocycles. The Bertz CT molecular complexity index is 1190. The van der Waals surface area contributed by atoms with Gasteiger partial charge in [-0.1, -0.05) is 18.2 Å². The molecular weight excluding hydrogens is 455 g/mol. The number of halogens is 3. The fourth-order valence-corrected chi connectivity index (χ4v) is 5.28. The van der Waals surface area contributed by atoms with Gasteiger partial charge in [0, 0.05) is 12.8 Å². The van der Waals surface area contributed by atoms with Gasteiger partial charge in [0.15, 0.2) is 19.7 Å². The van der Waals surface area contributed by atoms with Gasteiger partial charge in [-0.25, -0.2) is 16.8 Å². The zero-order valence-corrected chi connectivity index (χ0v) is 18.7. The van der Waals surface area contributed by atoms with Gasteiger partial charge in [0.25, 0.3) is 5.91 Å². The van der Waals surface area contributed by atoms with Crippen LogP contribution in [-0.2, 0) is 25.9 Å². The fraction of sp³-hybridized carbons (Fsp3) is 0.350. The van der Waals surface area contributed by atoms with Crippen molar-refractivity contribution in [2.45, 2.75) is 41.0 Å². The molecule has 6 nitrogen and oxygen atoms in total. The summed E-state index contributed by atoms with van der Waals surface area (Å²) in [4.78, 5) is 11.8. The molecule has 0 atom stereocenters. The first-order valence-corrected chi connectivity index (χ1v) is 12.4. The normalized spacial score (nSPS) is 13.1. The molecule has 2 rings (SSSR count). The SMILES string of the molecule is CC(C)(CCNC(=O)c1ccccc1S(C)(=O)=O)S(=O)(=O)c1cccc(C(F)(F)F)c1. The van der Waals surface area contributed by atoms with Gasteiger partial charge in [0.1, 0.15) is 0 Å². The molecule has 0 saturated heterocycles. The Morgan fingerprint density at radius 3 is 2.16 bits per heavy atom. The van der Waals surface area contributed by atoms with Crippen molar-refractivity contribution in [3.05, 3.63) is 59.7 Å². The van der Waals surface area contributed by atoms with Gasteiger partial charge in [-0.05, 0) is 50.6 Å². The van der Waals surface area contributed by atoms with E-state index in [1.807, 2.05) is 0 Å². The van der Waals surface area contributed by atoms with E-state index in [2.05, 4.69) is 5.32 Å². The smallest absolute Gasteiger partial charge is 0.352 e. The second kappa shape index (κ2) is 8.62. The quantitative estimate of drug-likeness (QED) is 0.659. The van der Waals surface area contributed by atoms with Crippen molar-refractivity contribution in [1.29, 1.82) is 0 Å². The predicted molar refractivity (Wildman–Crippen MR) is 109 cm³/mol. The highest BCUT2D eigenvalue weighted by Crippen LogP contribution is 2.34. The summed E-state index contributed by atoms with van der Waals surface area (Å²) in [5, 5.41) is 2.48. The van der Waals surface area contributed by atoms with Crippen LogP contribution in [0.15, 0.2) is 58.3 Å². The number of hydrogen-bond donors (Lipinski definition) is 1. The summed E-state index contributed by atoms with van der Waals surface area (Å²) in [5.74, 6) is -0.701. The maximum Gasteiger partial charge on any atom is 0.416 e. The first-order chi connectivity index (χ1) is 14.1. The minimum atomic E-state index is -4.68. The van der Waals surface area contributed by atoms with E-state index in [0.29, 0.717) is 6.07 Å². The van der Waals surface area contributed by atoms with E-state index in [0.717, 1.165) is 24.5 Å². The van der Waals surface area contributed by atoms with E-state index in [4.69, 9.17) is 0 Å². The van der Waals surface area contributed by atoms with E-state index in [1.165, 1.54) is 38.1 Å². The number of benzene rings is 2. The molecule has 1 amide bonds. The van der Waals surface area contributed by atoms with Gasteiger partial charge in [0.05, 0.1) is 25.7 Å². The summed E-state index contributed by atoms with van der Waals surface area (Å²) in [6.07, 6.45) is -3.83. The number of hydrogen-bond acceptors (Lipinski definition) is 5. The molecule has 0 aliphatic carbocycles. The van der Waals surface area contributed by atoms with Crippen LogP contribution in [0.25, 0.3) is 0 Å². The summed E-state index contributed by atoms with van der Waals surface area (Å²) in [5.41, 5.74) is -1.15. The Labute approximate surface area is 179 Å². The molecule has 0 radical (unpaired) electrons. The largest absolute Gasteiger partial charge is 0.416 e. The standard InChI is InChI=1S/C20H22F3NO5S2/c1-19(2,31(28,29)15-8-6-7-14(13-15)20(21,22)23)11-12-24-18(25)16-9-4-5-10-17(16)30(3,26)27/h4-10,13H,11-12H2,1-3H3,(H,24,25). The van der Waals surface area contributed by atoms with Crippen LogP contribution < -0.4 is 5.32 Å². The van der Waals surface area contributed by atoms with Crippen LogP contribution in [0.4, 0.5) is 13.2 Å². The molecule has 0 unspecified atom stereocenters. The summed E-state index contributed by atoms with van der Waals surface area (Å²) in [6, 6.07) is 9.05. The summed E-state index contributed by atoms with van der Waals surface area (Å²) in [6.45, 7) is 2.56. The third kappa shape index (κ3) is 5.65. The van der Waals surface area contributed by atoms with Gasteiger partial charge in [-0.2, -0.15) is 13.2 Å². The van der Waals surface area contributed by atoms with E-state index >= 15 is 0 Å². The van der Waals surface area contributed by atoms with Crippen molar-refractivity contribution in [2.24, 2.45) is 0 Å². The number of rotatable bonds is 7. The van der Waals surface area contributed by atoms with Crippen LogP contribution >= 0.6 is 0 Å². The zero-order chi connectivity index (χ0) is 23.7. The Kier molecular flexibility index (Phi) is 6.91. The number of carbonyl (C=O) groups excluding carboxylic acids is 1. The maximum absolute atomic E-state index is 12.9. The topological polar surface area (TPSA) is 97.4 Å². The lowest BCUT2D eigenvalue weighted by molar-refractivity contribution is -0.137. The zero-order valence-electron chi connectivity index (χ0n) is 17.0. The van der Waals surface area contributed by atoms with Crippen LogP contribution in [0.5, 0.6) is 0 Å². The van der Waals surface area contributed by atoms with Crippen molar-refractivity contribution in [3.8, 4) is 0 Å². The molecule has 11 heteroatoms. The molecule has 0 bridgehead atoms. The minimum absolute atomic E-state index is 0.0801. The fourth-order valence-electron chi connectivity index (χ4n) is 2.84. The average molecular weight is 478 g/mol. The number of nitrogens with one attached hydrogen (secondary N) is 1. The lowest BCUT2D eigenvalue weighted by atomic mass is 10.1. The van der Waals surface area contributed by atoms with E-state index in [-0.39, 0.29) is 23.4 Å². The first-order valence-electron chi connectivity index (χ1n) is 9.06. The Hall–Kier alpha value is -2.40. The second-order valence-electron chi connectivity index (χ2n) is 7.56. The van der Waals surface area contributed by atoms with E-state index in [9.17, 15) is 34.8 Å². The van der Waals surface area contributed by atoms with Crippen LogP contribution in [0, 0.1) is 0 Å². The van der Waals surface area contributed by atoms with Crippen LogP contribution in [-0.4, -0.2) is 40.3 Å². The molecule has 31 heavy (non-hydrogen) atoms. The Morgan fingerprint density at radius 2 is 1.58 bits per heavy atom. The van der Waals surface area contributed by atoms with E-state index < -0.39 is 47.0 Å².